The van der Waals surface area contributed by atoms with Gasteiger partial charge in [-0.2, -0.15) is 0 Å². The zero-order valence-corrected chi connectivity index (χ0v) is 18.7. The molecule has 0 unspecified atom stereocenters. The van der Waals surface area contributed by atoms with Gasteiger partial charge in [0.25, 0.3) is 0 Å². The van der Waals surface area contributed by atoms with Gasteiger partial charge in [-0.05, 0) is 52.4 Å². The molecule has 148 valence electrons. The summed E-state index contributed by atoms with van der Waals surface area (Å²) in [5, 5.41) is 0. The van der Waals surface area contributed by atoms with Crippen LogP contribution in [0.4, 0.5) is 0 Å². The highest BCUT2D eigenvalue weighted by Crippen LogP contribution is 2.38. The molecule has 0 radical (unpaired) electrons. The zero-order chi connectivity index (χ0) is 19.9. The lowest BCUT2D eigenvalue weighted by molar-refractivity contribution is 0.313. The molecule has 1 aliphatic carbocycles. The maximum Gasteiger partial charge on any atom is 0.141 e. The molecule has 3 heteroatoms. The standard InChI is InChI=1S/C14H25N3.C6H14.C2H6/c1-11-9-14(2,3)8-7-12(11)16-13(15-4)10-17(5)6;1-3-5-6-4-2;1-2/h4,7-10H2,1-3,5-6H3;3-6H2,1-2H3;1-2H3. The summed E-state index contributed by atoms with van der Waals surface area (Å²) in [6.07, 6.45) is 8.94. The van der Waals surface area contributed by atoms with Gasteiger partial charge in [-0.1, -0.05) is 72.8 Å². The summed E-state index contributed by atoms with van der Waals surface area (Å²) in [7, 11) is 4.04. The molecule has 0 fully saturated rings. The fraction of sp³-hybridized carbons (Fsp3) is 0.818. The molecule has 1 aliphatic rings. The van der Waals surface area contributed by atoms with E-state index in [1.807, 2.05) is 27.9 Å². The number of rotatable bonds is 6. The summed E-state index contributed by atoms with van der Waals surface area (Å²) in [5.74, 6) is 0.823. The van der Waals surface area contributed by atoms with Crippen molar-refractivity contribution in [3.05, 3.63) is 11.3 Å². The molecule has 1 rings (SSSR count). The number of hydrogen-bond acceptors (Lipinski definition) is 2. The molecule has 0 spiro atoms. The number of aliphatic imine (C=N–C) groups is 2. The van der Waals surface area contributed by atoms with E-state index in [4.69, 9.17) is 0 Å². The second kappa shape index (κ2) is 15.3. The lowest BCUT2D eigenvalue weighted by Crippen LogP contribution is -2.21. The van der Waals surface area contributed by atoms with Gasteiger partial charge in [0.05, 0.1) is 6.54 Å². The Kier molecular flexibility index (Phi) is 16.1. The Hall–Kier alpha value is -0.960. The van der Waals surface area contributed by atoms with Crippen molar-refractivity contribution in [2.45, 2.75) is 93.4 Å². The summed E-state index contributed by atoms with van der Waals surface area (Å²) >= 11 is 0. The number of hydrogen-bond donors (Lipinski definition) is 0. The van der Waals surface area contributed by atoms with Crippen LogP contribution in [0.1, 0.15) is 93.4 Å². The number of likely N-dealkylation sites (N-methyl/N-ethyl adjacent to an activating group) is 1. The van der Waals surface area contributed by atoms with Crippen molar-refractivity contribution in [3.63, 3.8) is 0 Å². The van der Waals surface area contributed by atoms with E-state index in [1.165, 1.54) is 43.4 Å². The monoisotopic (exact) mass is 351 g/mol. The average Bonchev–Trinajstić information content (AvgIpc) is 2.56. The van der Waals surface area contributed by atoms with Gasteiger partial charge in [0.2, 0.25) is 0 Å². The summed E-state index contributed by atoms with van der Waals surface area (Å²) in [6, 6.07) is 0. The lowest BCUT2D eigenvalue weighted by Gasteiger charge is -2.30. The maximum atomic E-state index is 4.67. The van der Waals surface area contributed by atoms with Crippen LogP contribution in [0.15, 0.2) is 21.3 Å². The van der Waals surface area contributed by atoms with Gasteiger partial charge in [0.15, 0.2) is 0 Å². The van der Waals surface area contributed by atoms with Crippen LogP contribution in [0.25, 0.3) is 0 Å². The van der Waals surface area contributed by atoms with Crippen molar-refractivity contribution in [2.75, 3.05) is 20.6 Å². The highest BCUT2D eigenvalue weighted by Gasteiger charge is 2.25. The van der Waals surface area contributed by atoms with Crippen LogP contribution in [0.3, 0.4) is 0 Å². The molecule has 0 bridgehead atoms. The first-order valence-electron chi connectivity index (χ1n) is 10.1. The molecule has 3 nitrogen and oxygen atoms in total. The van der Waals surface area contributed by atoms with Crippen LogP contribution in [-0.2, 0) is 0 Å². The predicted molar refractivity (Wildman–Crippen MR) is 117 cm³/mol. The molecule has 0 aromatic heterocycles. The van der Waals surface area contributed by atoms with E-state index >= 15 is 0 Å². The second-order valence-corrected chi connectivity index (χ2v) is 7.70. The molecule has 25 heavy (non-hydrogen) atoms. The minimum absolute atomic E-state index is 0.423. The summed E-state index contributed by atoms with van der Waals surface area (Å²) in [5.41, 5.74) is 3.04. The normalized spacial score (nSPS) is 16.6. The Morgan fingerprint density at radius 2 is 1.64 bits per heavy atom. The van der Waals surface area contributed by atoms with Crippen LogP contribution in [0.5, 0.6) is 0 Å². The van der Waals surface area contributed by atoms with Crippen molar-refractivity contribution < 1.29 is 0 Å². The van der Waals surface area contributed by atoms with Gasteiger partial charge in [0.1, 0.15) is 5.84 Å². The van der Waals surface area contributed by atoms with E-state index in [0.717, 1.165) is 25.2 Å². The Bertz CT molecular complexity index is 399. The average molecular weight is 352 g/mol. The van der Waals surface area contributed by atoms with Gasteiger partial charge >= 0.3 is 0 Å². The van der Waals surface area contributed by atoms with Gasteiger partial charge in [-0.3, -0.25) is 0 Å². The van der Waals surface area contributed by atoms with Crippen LogP contribution in [-0.4, -0.2) is 38.1 Å². The fourth-order valence-corrected chi connectivity index (χ4v) is 2.79. The third-order valence-corrected chi connectivity index (χ3v) is 4.14. The number of unbranched alkanes of at least 4 members (excludes halogenated alkanes) is 3. The molecule has 0 saturated carbocycles. The Morgan fingerprint density at radius 1 is 1.12 bits per heavy atom. The predicted octanol–water partition coefficient (Wildman–Crippen LogP) is 6.74. The Balaban J connectivity index is 0. The van der Waals surface area contributed by atoms with Crippen LogP contribution < -0.4 is 0 Å². The van der Waals surface area contributed by atoms with E-state index < -0.39 is 0 Å². The topological polar surface area (TPSA) is 28.0 Å². The quantitative estimate of drug-likeness (QED) is 0.296. The van der Waals surface area contributed by atoms with Crippen molar-refractivity contribution in [3.8, 4) is 0 Å². The molecule has 0 amide bonds. The smallest absolute Gasteiger partial charge is 0.141 e. The first kappa shape index (κ1) is 26.3. The van der Waals surface area contributed by atoms with Crippen molar-refractivity contribution in [1.29, 1.82) is 0 Å². The van der Waals surface area contributed by atoms with Crippen molar-refractivity contribution in [2.24, 2.45) is 15.4 Å². The number of nitrogens with zero attached hydrogens (tertiary/aromatic N) is 3. The zero-order valence-electron chi connectivity index (χ0n) is 18.7. The highest BCUT2D eigenvalue weighted by molar-refractivity contribution is 5.88. The summed E-state index contributed by atoms with van der Waals surface area (Å²) in [6.45, 7) is 19.7. The summed E-state index contributed by atoms with van der Waals surface area (Å²) < 4.78 is 0. The first-order valence-corrected chi connectivity index (χ1v) is 10.1. The fourth-order valence-electron chi connectivity index (χ4n) is 2.79. The van der Waals surface area contributed by atoms with Crippen molar-refractivity contribution >= 4 is 12.6 Å². The molecule has 0 heterocycles. The van der Waals surface area contributed by atoms with Gasteiger partial charge in [-0.25, -0.2) is 9.98 Å². The van der Waals surface area contributed by atoms with Gasteiger partial charge in [-0.15, -0.1) is 0 Å². The van der Waals surface area contributed by atoms with Crippen LogP contribution in [0, 0.1) is 5.41 Å². The van der Waals surface area contributed by atoms with E-state index in [0.29, 0.717) is 5.41 Å². The molecule has 0 saturated heterocycles. The highest BCUT2D eigenvalue weighted by atomic mass is 15.1. The lowest BCUT2D eigenvalue weighted by atomic mass is 9.76. The molecule has 0 aromatic carbocycles. The minimum atomic E-state index is 0.423. The summed E-state index contributed by atoms with van der Waals surface area (Å²) in [4.78, 5) is 10.7. The van der Waals surface area contributed by atoms with E-state index in [9.17, 15) is 0 Å². The molecular weight excluding hydrogens is 306 g/mol. The first-order chi connectivity index (χ1) is 11.8. The third-order valence-electron chi connectivity index (χ3n) is 4.14. The molecule has 0 aliphatic heterocycles. The maximum absolute atomic E-state index is 4.67. The number of amidine groups is 1. The van der Waals surface area contributed by atoms with Crippen LogP contribution >= 0.6 is 0 Å². The van der Waals surface area contributed by atoms with Crippen LogP contribution in [0.2, 0.25) is 0 Å². The molecule has 0 aromatic rings. The van der Waals surface area contributed by atoms with E-state index in [1.54, 1.807) is 0 Å². The van der Waals surface area contributed by atoms with Gasteiger partial charge in [0, 0.05) is 5.70 Å². The molecule has 0 N–H and O–H groups in total. The van der Waals surface area contributed by atoms with Crippen molar-refractivity contribution in [1.82, 2.24) is 4.90 Å². The second-order valence-electron chi connectivity index (χ2n) is 7.70. The van der Waals surface area contributed by atoms with Gasteiger partial charge < -0.3 is 4.90 Å². The third kappa shape index (κ3) is 13.9. The Labute approximate surface area is 158 Å². The Morgan fingerprint density at radius 3 is 2.00 bits per heavy atom. The van der Waals surface area contributed by atoms with E-state index in [-0.39, 0.29) is 0 Å². The SMILES string of the molecule is C=NC(CN(C)C)=NC1=C(C)CC(C)(C)CC1.CC.CCCCCC. The number of allylic oxidation sites excluding steroid dienone is 2. The minimum Gasteiger partial charge on any atom is -0.302 e. The molecular formula is C22H45N3. The molecule has 0 atom stereocenters. The largest absolute Gasteiger partial charge is 0.302 e. The van der Waals surface area contributed by atoms with E-state index in [2.05, 4.69) is 56.2 Å².